The molecule has 1 saturated carbocycles. The molecule has 2 N–H and O–H groups in total. The normalized spacial score (nSPS) is 35.6. The minimum absolute atomic E-state index is 0.155. The van der Waals surface area contributed by atoms with Crippen molar-refractivity contribution in [1.82, 2.24) is 5.32 Å². The fraction of sp³-hybridized carbons (Fsp3) is 1.00. The molecule has 0 bridgehead atoms. The van der Waals surface area contributed by atoms with Crippen molar-refractivity contribution in [1.29, 1.82) is 0 Å². The van der Waals surface area contributed by atoms with E-state index in [1.165, 1.54) is 32.1 Å². The fourth-order valence-electron chi connectivity index (χ4n) is 2.81. The van der Waals surface area contributed by atoms with Gasteiger partial charge in [-0.3, -0.25) is 0 Å². The maximum Gasteiger partial charge on any atom is 0.0948 e. The van der Waals surface area contributed by atoms with Gasteiger partial charge in [0.15, 0.2) is 0 Å². The standard InChI is InChI=1S/C12H23NO2/c1-9(10-5-3-2-4-6-10)13-11-7-15-8-12(11)14/h9-14H,2-8H2,1H3/t9-,11?,12?/m1/s1. The highest BCUT2D eigenvalue weighted by molar-refractivity contribution is 4.85. The molecule has 0 aromatic heterocycles. The van der Waals surface area contributed by atoms with Crippen LogP contribution in [0.3, 0.4) is 0 Å². The second-order valence-corrected chi connectivity index (χ2v) is 5.06. The minimum atomic E-state index is -0.309. The van der Waals surface area contributed by atoms with Crippen molar-refractivity contribution >= 4 is 0 Å². The summed E-state index contributed by atoms with van der Waals surface area (Å²) in [6.07, 6.45) is 6.53. The molecule has 3 nitrogen and oxygen atoms in total. The molecule has 0 spiro atoms. The molecule has 0 aromatic rings. The Morgan fingerprint density at radius 2 is 1.93 bits per heavy atom. The van der Waals surface area contributed by atoms with E-state index in [2.05, 4.69) is 12.2 Å². The molecule has 1 heterocycles. The molecule has 1 saturated heterocycles. The molecular weight excluding hydrogens is 190 g/mol. The average molecular weight is 213 g/mol. The molecule has 88 valence electrons. The van der Waals surface area contributed by atoms with Crippen LogP contribution >= 0.6 is 0 Å². The summed E-state index contributed by atoms with van der Waals surface area (Å²) >= 11 is 0. The van der Waals surface area contributed by atoms with Crippen LogP contribution in [0.15, 0.2) is 0 Å². The summed E-state index contributed by atoms with van der Waals surface area (Å²) in [6.45, 7) is 3.41. The summed E-state index contributed by atoms with van der Waals surface area (Å²) in [6, 6.07) is 0.675. The van der Waals surface area contributed by atoms with Crippen molar-refractivity contribution in [2.24, 2.45) is 5.92 Å². The molecular formula is C12H23NO2. The van der Waals surface area contributed by atoms with Crippen molar-refractivity contribution in [3.8, 4) is 0 Å². The number of ether oxygens (including phenoxy) is 1. The lowest BCUT2D eigenvalue weighted by molar-refractivity contribution is 0.119. The predicted molar refractivity (Wildman–Crippen MR) is 59.8 cm³/mol. The summed E-state index contributed by atoms with van der Waals surface area (Å²) < 4.78 is 5.25. The third-order valence-corrected chi connectivity index (χ3v) is 3.88. The van der Waals surface area contributed by atoms with E-state index < -0.39 is 0 Å². The Morgan fingerprint density at radius 3 is 2.53 bits per heavy atom. The first-order valence-electron chi connectivity index (χ1n) is 6.29. The first-order valence-corrected chi connectivity index (χ1v) is 6.29. The minimum Gasteiger partial charge on any atom is -0.389 e. The molecule has 0 aromatic carbocycles. The van der Waals surface area contributed by atoms with E-state index >= 15 is 0 Å². The Labute approximate surface area is 92.2 Å². The van der Waals surface area contributed by atoms with Crippen molar-refractivity contribution in [2.75, 3.05) is 13.2 Å². The van der Waals surface area contributed by atoms with Crippen molar-refractivity contribution in [3.05, 3.63) is 0 Å². The highest BCUT2D eigenvalue weighted by atomic mass is 16.5. The van der Waals surface area contributed by atoms with Gasteiger partial charge in [0.05, 0.1) is 25.4 Å². The molecule has 2 aliphatic rings. The van der Waals surface area contributed by atoms with Crippen LogP contribution < -0.4 is 5.32 Å². The smallest absolute Gasteiger partial charge is 0.0948 e. The largest absolute Gasteiger partial charge is 0.389 e. The number of aliphatic hydroxyl groups excluding tert-OH is 1. The van der Waals surface area contributed by atoms with Crippen LogP contribution in [0, 0.1) is 5.92 Å². The molecule has 2 unspecified atom stereocenters. The zero-order chi connectivity index (χ0) is 10.7. The third kappa shape index (κ3) is 2.92. The molecule has 0 amide bonds. The van der Waals surface area contributed by atoms with E-state index in [4.69, 9.17) is 4.74 Å². The van der Waals surface area contributed by atoms with Gasteiger partial charge >= 0.3 is 0 Å². The van der Waals surface area contributed by atoms with Crippen LogP contribution in [0.25, 0.3) is 0 Å². The van der Waals surface area contributed by atoms with Crippen molar-refractivity contribution in [2.45, 2.75) is 57.2 Å². The van der Waals surface area contributed by atoms with E-state index in [0.717, 1.165) is 5.92 Å². The van der Waals surface area contributed by atoms with E-state index in [9.17, 15) is 5.11 Å². The van der Waals surface area contributed by atoms with Crippen molar-refractivity contribution in [3.63, 3.8) is 0 Å². The molecule has 1 aliphatic carbocycles. The third-order valence-electron chi connectivity index (χ3n) is 3.88. The number of hydrogen-bond acceptors (Lipinski definition) is 3. The SMILES string of the molecule is C[C@@H](NC1COCC1O)C1CCCCC1. The topological polar surface area (TPSA) is 41.5 Å². The maximum absolute atomic E-state index is 9.65. The number of rotatable bonds is 3. The second kappa shape index (κ2) is 5.28. The Morgan fingerprint density at radius 1 is 1.20 bits per heavy atom. The summed E-state index contributed by atoms with van der Waals surface area (Å²) in [7, 11) is 0. The second-order valence-electron chi connectivity index (χ2n) is 5.06. The monoisotopic (exact) mass is 213 g/mol. The molecule has 3 atom stereocenters. The fourth-order valence-corrected chi connectivity index (χ4v) is 2.81. The highest BCUT2D eigenvalue weighted by Crippen LogP contribution is 2.26. The van der Waals surface area contributed by atoms with Crippen LogP contribution in [0.2, 0.25) is 0 Å². The van der Waals surface area contributed by atoms with E-state index in [0.29, 0.717) is 19.3 Å². The van der Waals surface area contributed by atoms with Gasteiger partial charge in [-0.05, 0) is 25.7 Å². The number of aliphatic hydroxyl groups is 1. The lowest BCUT2D eigenvalue weighted by Crippen LogP contribution is -2.47. The lowest BCUT2D eigenvalue weighted by atomic mass is 9.84. The van der Waals surface area contributed by atoms with Crippen LogP contribution in [-0.4, -0.2) is 36.5 Å². The Bertz CT molecular complexity index is 192. The number of nitrogens with one attached hydrogen (secondary N) is 1. The van der Waals surface area contributed by atoms with Gasteiger partial charge in [-0.1, -0.05) is 19.3 Å². The summed E-state index contributed by atoms with van der Waals surface area (Å²) in [5.41, 5.74) is 0. The molecule has 2 rings (SSSR count). The summed E-state index contributed by atoms with van der Waals surface area (Å²) in [5.74, 6) is 0.798. The van der Waals surface area contributed by atoms with Gasteiger partial charge in [0.2, 0.25) is 0 Å². The highest BCUT2D eigenvalue weighted by Gasteiger charge is 2.29. The van der Waals surface area contributed by atoms with E-state index in [1.54, 1.807) is 0 Å². The van der Waals surface area contributed by atoms with Crippen LogP contribution in [-0.2, 0) is 4.74 Å². The van der Waals surface area contributed by atoms with Gasteiger partial charge < -0.3 is 15.2 Å². The van der Waals surface area contributed by atoms with Gasteiger partial charge in [-0.15, -0.1) is 0 Å². The van der Waals surface area contributed by atoms with Crippen LogP contribution in [0.4, 0.5) is 0 Å². The van der Waals surface area contributed by atoms with Gasteiger partial charge in [0.1, 0.15) is 0 Å². The molecule has 1 aliphatic heterocycles. The van der Waals surface area contributed by atoms with Crippen LogP contribution in [0.5, 0.6) is 0 Å². The van der Waals surface area contributed by atoms with Crippen LogP contribution in [0.1, 0.15) is 39.0 Å². The molecule has 15 heavy (non-hydrogen) atoms. The average Bonchev–Trinajstić information content (AvgIpc) is 2.66. The zero-order valence-electron chi connectivity index (χ0n) is 9.61. The Kier molecular flexibility index (Phi) is 4.00. The zero-order valence-corrected chi connectivity index (χ0v) is 9.61. The summed E-state index contributed by atoms with van der Waals surface area (Å²) in [5, 5.41) is 13.2. The predicted octanol–water partition coefficient (Wildman–Crippen LogP) is 1.30. The first-order chi connectivity index (χ1) is 7.27. The maximum atomic E-state index is 9.65. The van der Waals surface area contributed by atoms with Crippen molar-refractivity contribution < 1.29 is 9.84 Å². The van der Waals surface area contributed by atoms with Gasteiger partial charge in [0.25, 0.3) is 0 Å². The van der Waals surface area contributed by atoms with Gasteiger partial charge in [-0.2, -0.15) is 0 Å². The molecule has 2 fully saturated rings. The quantitative estimate of drug-likeness (QED) is 0.742. The lowest BCUT2D eigenvalue weighted by Gasteiger charge is -2.31. The summed E-state index contributed by atoms with van der Waals surface area (Å²) in [4.78, 5) is 0. The number of hydrogen-bond donors (Lipinski definition) is 2. The Hall–Kier alpha value is -0.120. The molecule has 0 radical (unpaired) electrons. The van der Waals surface area contributed by atoms with Gasteiger partial charge in [0, 0.05) is 6.04 Å². The van der Waals surface area contributed by atoms with E-state index in [1.807, 2.05) is 0 Å². The Balaban J connectivity index is 1.77. The first kappa shape index (κ1) is 11.4. The van der Waals surface area contributed by atoms with E-state index in [-0.39, 0.29) is 12.1 Å². The van der Waals surface area contributed by atoms with Gasteiger partial charge in [-0.25, -0.2) is 0 Å². The molecule has 3 heteroatoms.